The molecule has 1 saturated carbocycles. The highest BCUT2D eigenvalue weighted by Gasteiger charge is 2.22. The maximum absolute atomic E-state index is 11.6. The lowest BCUT2D eigenvalue weighted by atomic mass is 10.1. The van der Waals surface area contributed by atoms with Gasteiger partial charge in [-0.05, 0) is 36.5 Å². The maximum Gasteiger partial charge on any atom is 0.321 e. The summed E-state index contributed by atoms with van der Waals surface area (Å²) >= 11 is 1.21. The molecule has 0 spiro atoms. The van der Waals surface area contributed by atoms with Crippen LogP contribution in [0.25, 0.3) is 16.5 Å². The van der Waals surface area contributed by atoms with Crippen LogP contribution in [0, 0.1) is 0 Å². The van der Waals surface area contributed by atoms with Crippen LogP contribution in [0.2, 0.25) is 0 Å². The summed E-state index contributed by atoms with van der Waals surface area (Å²) in [5.74, 6) is -1.49. The normalized spacial score (nSPS) is 15.2. The molecule has 7 N–H and O–H groups in total. The lowest BCUT2D eigenvalue weighted by Gasteiger charge is -2.18. The number of carbonyl (C=O) groups excluding carboxylic acids is 2. The topological polar surface area (TPSA) is 148 Å². The number of aliphatic carboxylic acids is 1. The van der Waals surface area contributed by atoms with E-state index >= 15 is 0 Å². The molecule has 31 heavy (non-hydrogen) atoms. The summed E-state index contributed by atoms with van der Waals surface area (Å²) in [6.45, 7) is 0. The van der Waals surface area contributed by atoms with E-state index in [0.717, 1.165) is 41.7 Å². The van der Waals surface area contributed by atoms with Crippen molar-refractivity contribution in [2.45, 2.75) is 44.2 Å². The minimum Gasteiger partial charge on any atom is -0.480 e. The summed E-state index contributed by atoms with van der Waals surface area (Å²) in [7, 11) is 0. The molecule has 9 heteroatoms. The molecule has 164 valence electrons. The first-order chi connectivity index (χ1) is 14.8. The molecule has 1 atom stereocenters. The number of hydrogen-bond acceptors (Lipinski definition) is 5. The fraction of sp³-hybridized carbons (Fsp3) is 0.318. The van der Waals surface area contributed by atoms with Crippen LogP contribution in [-0.4, -0.2) is 35.1 Å². The molecular weight excluding hydrogens is 416 g/mol. The number of anilines is 1. The lowest BCUT2D eigenvalue weighted by Crippen LogP contribution is -2.41. The van der Waals surface area contributed by atoms with Gasteiger partial charge in [0.05, 0.1) is 5.56 Å². The van der Waals surface area contributed by atoms with Gasteiger partial charge >= 0.3 is 12.0 Å². The van der Waals surface area contributed by atoms with Gasteiger partial charge in [0.1, 0.15) is 11.0 Å². The first kappa shape index (κ1) is 22.5. The van der Waals surface area contributed by atoms with Crippen LogP contribution in [0.1, 0.15) is 48.0 Å². The van der Waals surface area contributed by atoms with Crippen LogP contribution >= 0.6 is 11.3 Å². The van der Waals surface area contributed by atoms with Gasteiger partial charge in [-0.15, -0.1) is 11.3 Å². The van der Waals surface area contributed by atoms with Crippen LogP contribution in [0.15, 0.2) is 36.4 Å². The van der Waals surface area contributed by atoms with Gasteiger partial charge in [0, 0.05) is 10.9 Å². The molecule has 3 rings (SSSR count). The molecule has 0 unspecified atom stereocenters. The number of rotatable bonds is 9. The van der Waals surface area contributed by atoms with Crippen LogP contribution in [-0.2, 0) is 4.79 Å². The van der Waals surface area contributed by atoms with Crippen molar-refractivity contribution in [1.29, 1.82) is 0 Å². The van der Waals surface area contributed by atoms with Gasteiger partial charge in [0.2, 0.25) is 0 Å². The van der Waals surface area contributed by atoms with Crippen molar-refractivity contribution in [2.24, 2.45) is 11.5 Å². The second kappa shape index (κ2) is 10.2. The van der Waals surface area contributed by atoms with Gasteiger partial charge in [-0.3, -0.25) is 14.9 Å². The van der Waals surface area contributed by atoms with Crippen molar-refractivity contribution in [2.75, 3.05) is 5.32 Å². The largest absolute Gasteiger partial charge is 0.480 e. The van der Waals surface area contributed by atoms with Gasteiger partial charge < -0.3 is 21.9 Å². The number of nitrogens with one attached hydrogen (secondary N) is 2. The summed E-state index contributed by atoms with van der Waals surface area (Å²) < 4.78 is 0. The van der Waals surface area contributed by atoms with E-state index in [1.165, 1.54) is 11.3 Å². The Hall–Kier alpha value is -3.17. The zero-order valence-electron chi connectivity index (χ0n) is 17.0. The van der Waals surface area contributed by atoms with E-state index in [4.69, 9.17) is 11.5 Å². The standard InChI is InChI=1S/C22H26N4O4S/c23-19(27)16-12-18(31-20(16)26-22(24)30)14-10-8-13(9-11-14)4-3-7-17(21(28)29)25-15-5-1-2-6-15/h3-4,8-12,15,17,25H,1-2,5-7H2,(H2,23,27)(H,28,29)(H3,24,26,30)/t17-/m1/s1. The fourth-order valence-electron chi connectivity index (χ4n) is 3.64. The highest BCUT2D eigenvalue weighted by atomic mass is 32.1. The molecule has 1 aromatic heterocycles. The van der Waals surface area contributed by atoms with E-state index in [0.29, 0.717) is 17.5 Å². The number of carbonyl (C=O) groups is 3. The summed E-state index contributed by atoms with van der Waals surface area (Å²) in [6.07, 6.45) is 8.52. The Morgan fingerprint density at radius 3 is 2.42 bits per heavy atom. The lowest BCUT2D eigenvalue weighted by molar-refractivity contribution is -0.139. The summed E-state index contributed by atoms with van der Waals surface area (Å²) in [6, 6.07) is 8.12. The number of urea groups is 1. The molecule has 3 amide bonds. The molecule has 0 radical (unpaired) electrons. The van der Waals surface area contributed by atoms with E-state index in [9.17, 15) is 19.5 Å². The number of primary amides is 2. The monoisotopic (exact) mass is 442 g/mol. The van der Waals surface area contributed by atoms with Gasteiger partial charge in [0.25, 0.3) is 5.91 Å². The van der Waals surface area contributed by atoms with Gasteiger partial charge in [0.15, 0.2) is 0 Å². The van der Waals surface area contributed by atoms with E-state index in [1.54, 1.807) is 6.07 Å². The third-order valence-corrected chi connectivity index (χ3v) is 6.30. The van der Waals surface area contributed by atoms with Gasteiger partial charge in [-0.25, -0.2) is 4.79 Å². The molecule has 0 bridgehead atoms. The maximum atomic E-state index is 11.6. The van der Waals surface area contributed by atoms with Crippen molar-refractivity contribution in [1.82, 2.24) is 5.32 Å². The highest BCUT2D eigenvalue weighted by Crippen LogP contribution is 2.35. The van der Waals surface area contributed by atoms with Crippen LogP contribution in [0.3, 0.4) is 0 Å². The summed E-state index contributed by atoms with van der Waals surface area (Å²) in [5, 5.41) is 15.4. The Morgan fingerprint density at radius 2 is 1.84 bits per heavy atom. The number of hydrogen-bond donors (Lipinski definition) is 5. The van der Waals surface area contributed by atoms with E-state index < -0.39 is 23.9 Å². The zero-order valence-corrected chi connectivity index (χ0v) is 17.8. The van der Waals surface area contributed by atoms with Crippen LogP contribution in [0.4, 0.5) is 9.80 Å². The Kier molecular flexibility index (Phi) is 7.43. The van der Waals surface area contributed by atoms with E-state index in [1.807, 2.05) is 36.4 Å². The first-order valence-electron chi connectivity index (χ1n) is 10.1. The van der Waals surface area contributed by atoms with Crippen molar-refractivity contribution < 1.29 is 19.5 Å². The van der Waals surface area contributed by atoms with Crippen LogP contribution in [0.5, 0.6) is 0 Å². The smallest absolute Gasteiger partial charge is 0.321 e. The number of benzene rings is 1. The summed E-state index contributed by atoms with van der Waals surface area (Å²) in [5.41, 5.74) is 12.5. The quantitative estimate of drug-likeness (QED) is 0.404. The van der Waals surface area contributed by atoms with Gasteiger partial charge in [-0.2, -0.15) is 0 Å². The first-order valence-corrected chi connectivity index (χ1v) is 10.9. The van der Waals surface area contributed by atoms with Crippen molar-refractivity contribution >= 4 is 40.3 Å². The molecule has 1 aliphatic carbocycles. The average molecular weight is 443 g/mol. The Labute approximate surface area is 184 Å². The van der Waals surface area contributed by atoms with E-state index in [2.05, 4.69) is 10.6 Å². The van der Waals surface area contributed by atoms with Gasteiger partial charge in [-0.1, -0.05) is 49.3 Å². The highest BCUT2D eigenvalue weighted by molar-refractivity contribution is 7.20. The zero-order chi connectivity index (χ0) is 22.4. The predicted molar refractivity (Wildman–Crippen MR) is 122 cm³/mol. The number of carboxylic acid groups (broad SMARTS) is 1. The fourth-order valence-corrected chi connectivity index (χ4v) is 4.71. The Bertz CT molecular complexity index is 978. The Balaban J connectivity index is 1.66. The minimum atomic E-state index is -0.838. The molecule has 1 heterocycles. The minimum absolute atomic E-state index is 0.206. The predicted octanol–water partition coefficient (Wildman–Crippen LogP) is 3.39. The number of thiophene rings is 1. The molecular formula is C22H26N4O4S. The second-order valence-electron chi connectivity index (χ2n) is 7.51. The number of carboxylic acids is 1. The third-order valence-electron chi connectivity index (χ3n) is 5.20. The van der Waals surface area contributed by atoms with Crippen molar-refractivity contribution in [3.8, 4) is 10.4 Å². The van der Waals surface area contributed by atoms with Crippen LogP contribution < -0.4 is 22.1 Å². The van der Waals surface area contributed by atoms with Crippen molar-refractivity contribution in [3.05, 3.63) is 47.5 Å². The molecule has 0 aliphatic heterocycles. The Morgan fingerprint density at radius 1 is 1.16 bits per heavy atom. The molecule has 0 saturated heterocycles. The molecule has 1 fully saturated rings. The molecule has 1 aromatic carbocycles. The van der Waals surface area contributed by atoms with E-state index in [-0.39, 0.29) is 5.56 Å². The third kappa shape index (κ3) is 6.16. The number of nitrogens with two attached hydrogens (primary N) is 2. The average Bonchev–Trinajstić information content (AvgIpc) is 3.37. The van der Waals surface area contributed by atoms with Crippen molar-refractivity contribution in [3.63, 3.8) is 0 Å². The summed E-state index contributed by atoms with van der Waals surface area (Å²) in [4.78, 5) is 35.0. The molecule has 8 nitrogen and oxygen atoms in total. The second-order valence-corrected chi connectivity index (χ2v) is 8.56. The molecule has 2 aromatic rings. The number of amides is 3. The molecule has 1 aliphatic rings. The SMILES string of the molecule is NC(=O)Nc1sc(-c2ccc(C=CC[C@@H](NC3CCCC3)C(=O)O)cc2)cc1C(N)=O.